The van der Waals surface area contributed by atoms with E-state index >= 15 is 0 Å². The van der Waals surface area contributed by atoms with E-state index in [1.54, 1.807) is 37.1 Å². The van der Waals surface area contributed by atoms with E-state index in [0.717, 1.165) is 0 Å². The third-order valence-electron chi connectivity index (χ3n) is 2.80. The highest BCUT2D eigenvalue weighted by atomic mass is 16.5. The van der Waals surface area contributed by atoms with Crippen molar-refractivity contribution in [1.82, 2.24) is 0 Å². The predicted molar refractivity (Wildman–Crippen MR) is 78.0 cm³/mol. The lowest BCUT2D eigenvalue weighted by molar-refractivity contribution is 0.0526. The Labute approximate surface area is 119 Å². The van der Waals surface area contributed by atoms with Crippen molar-refractivity contribution >= 4 is 17.3 Å². The average Bonchev–Trinajstić information content (AvgIpc) is 2.39. The number of aliphatic hydroxyl groups is 1. The summed E-state index contributed by atoms with van der Waals surface area (Å²) in [6.07, 6.45) is -0.629. The smallest absolute Gasteiger partial charge is 0.338 e. The number of anilines is 2. The van der Waals surface area contributed by atoms with Crippen LogP contribution in [0.15, 0.2) is 18.2 Å². The van der Waals surface area contributed by atoms with Gasteiger partial charge in [0.2, 0.25) is 0 Å². The third kappa shape index (κ3) is 4.40. The SMILES string of the molecule is CCOC(=O)c1ccc(N)c(N(C)CC(O)COC)c1. The Morgan fingerprint density at radius 3 is 2.80 bits per heavy atom. The summed E-state index contributed by atoms with van der Waals surface area (Å²) in [5.74, 6) is -0.389. The second kappa shape index (κ2) is 7.72. The minimum absolute atomic E-state index is 0.238. The van der Waals surface area contributed by atoms with E-state index in [2.05, 4.69) is 0 Å². The van der Waals surface area contributed by atoms with Crippen molar-refractivity contribution in [3.63, 3.8) is 0 Å². The quantitative estimate of drug-likeness (QED) is 0.570. The summed E-state index contributed by atoms with van der Waals surface area (Å²) in [6, 6.07) is 4.93. The van der Waals surface area contributed by atoms with Gasteiger partial charge in [-0.25, -0.2) is 4.79 Å². The van der Waals surface area contributed by atoms with Crippen LogP contribution in [0.25, 0.3) is 0 Å². The molecular formula is C14H22N2O4. The number of nitrogens with two attached hydrogens (primary N) is 1. The van der Waals surface area contributed by atoms with Crippen LogP contribution in [0.1, 0.15) is 17.3 Å². The van der Waals surface area contributed by atoms with Crippen molar-refractivity contribution in [1.29, 1.82) is 0 Å². The average molecular weight is 282 g/mol. The van der Waals surface area contributed by atoms with E-state index in [1.165, 1.54) is 7.11 Å². The minimum atomic E-state index is -0.629. The van der Waals surface area contributed by atoms with Gasteiger partial charge in [0.15, 0.2) is 0 Å². The van der Waals surface area contributed by atoms with E-state index in [9.17, 15) is 9.90 Å². The van der Waals surface area contributed by atoms with Gasteiger partial charge in [-0.3, -0.25) is 0 Å². The van der Waals surface area contributed by atoms with Crippen LogP contribution in [0.3, 0.4) is 0 Å². The maximum absolute atomic E-state index is 11.7. The molecule has 0 amide bonds. The molecule has 0 saturated carbocycles. The molecule has 6 heteroatoms. The van der Waals surface area contributed by atoms with Crippen LogP contribution in [-0.4, -0.2) is 51.1 Å². The number of ether oxygens (including phenoxy) is 2. The zero-order chi connectivity index (χ0) is 15.1. The number of methoxy groups -OCH3 is 1. The lowest BCUT2D eigenvalue weighted by Gasteiger charge is -2.24. The van der Waals surface area contributed by atoms with Crippen LogP contribution in [0.4, 0.5) is 11.4 Å². The zero-order valence-corrected chi connectivity index (χ0v) is 12.1. The molecule has 112 valence electrons. The van der Waals surface area contributed by atoms with Gasteiger partial charge in [0.05, 0.1) is 36.3 Å². The Balaban J connectivity index is 2.87. The molecule has 20 heavy (non-hydrogen) atoms. The number of rotatable bonds is 7. The summed E-state index contributed by atoms with van der Waals surface area (Å²) < 4.78 is 9.84. The Morgan fingerprint density at radius 2 is 2.20 bits per heavy atom. The first-order valence-corrected chi connectivity index (χ1v) is 6.44. The standard InChI is InChI=1S/C14H22N2O4/c1-4-20-14(18)10-5-6-12(15)13(7-10)16(2)8-11(17)9-19-3/h5-7,11,17H,4,8-9,15H2,1-3H3. The number of hydrogen-bond donors (Lipinski definition) is 2. The first-order valence-electron chi connectivity index (χ1n) is 6.44. The normalized spacial score (nSPS) is 12.0. The molecule has 0 fully saturated rings. The number of hydrogen-bond acceptors (Lipinski definition) is 6. The fraction of sp³-hybridized carbons (Fsp3) is 0.500. The maximum Gasteiger partial charge on any atom is 0.338 e. The molecule has 1 rings (SSSR count). The summed E-state index contributed by atoms with van der Waals surface area (Å²) >= 11 is 0. The summed E-state index contributed by atoms with van der Waals surface area (Å²) in [7, 11) is 3.32. The van der Waals surface area contributed by atoms with Gasteiger partial charge in [-0.2, -0.15) is 0 Å². The van der Waals surface area contributed by atoms with E-state index in [4.69, 9.17) is 15.2 Å². The van der Waals surface area contributed by atoms with E-state index in [-0.39, 0.29) is 12.6 Å². The number of likely N-dealkylation sites (N-methyl/N-ethyl adjacent to an activating group) is 1. The van der Waals surface area contributed by atoms with E-state index in [1.807, 2.05) is 0 Å². The van der Waals surface area contributed by atoms with Gasteiger partial charge in [0.1, 0.15) is 0 Å². The molecule has 3 N–H and O–H groups in total. The number of nitrogens with zero attached hydrogens (tertiary/aromatic N) is 1. The summed E-state index contributed by atoms with van der Waals surface area (Å²) in [6.45, 7) is 2.66. The van der Waals surface area contributed by atoms with Gasteiger partial charge in [0.25, 0.3) is 0 Å². The molecule has 1 unspecified atom stereocenters. The first-order chi connectivity index (χ1) is 9.49. The van der Waals surface area contributed by atoms with Crippen molar-refractivity contribution in [2.24, 2.45) is 0 Å². The summed E-state index contributed by atoms with van der Waals surface area (Å²) in [4.78, 5) is 13.5. The molecule has 1 aromatic carbocycles. The fourth-order valence-electron chi connectivity index (χ4n) is 1.88. The highest BCUT2D eigenvalue weighted by Gasteiger charge is 2.14. The molecule has 0 radical (unpaired) electrons. The second-order valence-corrected chi connectivity index (χ2v) is 4.48. The molecule has 1 atom stereocenters. The summed E-state index contributed by atoms with van der Waals surface area (Å²) in [5, 5.41) is 9.74. The highest BCUT2D eigenvalue weighted by molar-refractivity contribution is 5.92. The molecule has 0 aliphatic heterocycles. The Kier molecular flexibility index (Phi) is 6.27. The van der Waals surface area contributed by atoms with Gasteiger partial charge < -0.3 is 25.2 Å². The molecule has 0 heterocycles. The molecule has 0 bridgehead atoms. The lowest BCUT2D eigenvalue weighted by Crippen LogP contribution is -2.32. The summed E-state index contributed by atoms with van der Waals surface area (Å²) in [5.41, 5.74) is 7.55. The largest absolute Gasteiger partial charge is 0.462 e. The fourth-order valence-corrected chi connectivity index (χ4v) is 1.88. The lowest BCUT2D eigenvalue weighted by atomic mass is 10.1. The van der Waals surface area contributed by atoms with Gasteiger partial charge in [-0.1, -0.05) is 0 Å². The maximum atomic E-state index is 11.7. The molecular weight excluding hydrogens is 260 g/mol. The highest BCUT2D eigenvalue weighted by Crippen LogP contribution is 2.24. The van der Waals surface area contributed by atoms with Crippen molar-refractivity contribution in [2.45, 2.75) is 13.0 Å². The van der Waals surface area contributed by atoms with Crippen LogP contribution < -0.4 is 10.6 Å². The zero-order valence-electron chi connectivity index (χ0n) is 12.1. The van der Waals surface area contributed by atoms with Crippen LogP contribution >= 0.6 is 0 Å². The van der Waals surface area contributed by atoms with Gasteiger partial charge in [-0.15, -0.1) is 0 Å². The molecule has 1 aromatic rings. The van der Waals surface area contributed by atoms with Crippen molar-refractivity contribution < 1.29 is 19.4 Å². The number of benzene rings is 1. The third-order valence-corrected chi connectivity index (χ3v) is 2.80. The minimum Gasteiger partial charge on any atom is -0.462 e. The predicted octanol–water partition coefficient (Wildman–Crippen LogP) is 0.889. The molecule has 0 aromatic heterocycles. The van der Waals surface area contributed by atoms with Crippen molar-refractivity contribution in [3.05, 3.63) is 23.8 Å². The molecule has 0 spiro atoms. The van der Waals surface area contributed by atoms with Gasteiger partial charge in [-0.05, 0) is 25.1 Å². The monoisotopic (exact) mass is 282 g/mol. The Bertz CT molecular complexity index is 451. The van der Waals surface area contributed by atoms with Crippen LogP contribution in [0, 0.1) is 0 Å². The number of esters is 1. The Morgan fingerprint density at radius 1 is 1.50 bits per heavy atom. The number of nitrogen functional groups attached to an aromatic ring is 1. The van der Waals surface area contributed by atoms with Crippen molar-refractivity contribution in [3.8, 4) is 0 Å². The van der Waals surface area contributed by atoms with E-state index in [0.29, 0.717) is 30.1 Å². The second-order valence-electron chi connectivity index (χ2n) is 4.48. The molecule has 0 aliphatic rings. The number of aliphatic hydroxyl groups excluding tert-OH is 1. The van der Waals surface area contributed by atoms with Crippen molar-refractivity contribution in [2.75, 3.05) is 44.5 Å². The molecule has 0 aliphatic carbocycles. The van der Waals surface area contributed by atoms with E-state index < -0.39 is 6.10 Å². The molecule has 6 nitrogen and oxygen atoms in total. The van der Waals surface area contributed by atoms with Crippen LogP contribution in [0.2, 0.25) is 0 Å². The Hall–Kier alpha value is -1.79. The van der Waals surface area contributed by atoms with Gasteiger partial charge in [0, 0.05) is 20.7 Å². The number of carbonyl (C=O) groups is 1. The van der Waals surface area contributed by atoms with Gasteiger partial charge >= 0.3 is 5.97 Å². The topological polar surface area (TPSA) is 85.0 Å². The number of carbonyl (C=O) groups excluding carboxylic acids is 1. The van der Waals surface area contributed by atoms with Crippen LogP contribution in [0.5, 0.6) is 0 Å². The van der Waals surface area contributed by atoms with Crippen LogP contribution in [-0.2, 0) is 9.47 Å². The first kappa shape index (κ1) is 16.3. The molecule has 0 saturated heterocycles.